The van der Waals surface area contributed by atoms with Crippen LogP contribution in [0.1, 0.15) is 16.1 Å². The summed E-state index contributed by atoms with van der Waals surface area (Å²) in [6, 6.07) is 10.4. The first kappa shape index (κ1) is 22.2. The Morgan fingerprint density at radius 1 is 1.16 bits per heavy atom. The van der Waals surface area contributed by atoms with Crippen molar-refractivity contribution in [3.8, 4) is 5.88 Å². The normalized spacial score (nSPS) is 14.4. The number of amides is 3. The molecule has 3 amide bonds. The van der Waals surface area contributed by atoms with Crippen LogP contribution in [0.15, 0.2) is 41.3 Å². The van der Waals surface area contributed by atoms with Gasteiger partial charge in [-0.1, -0.05) is 18.2 Å². The second kappa shape index (κ2) is 11.1. The maximum atomic E-state index is 12.1. The molecule has 0 aliphatic carbocycles. The highest BCUT2D eigenvalue weighted by Crippen LogP contribution is 2.26. The highest BCUT2D eigenvalue weighted by atomic mass is 32.2. The summed E-state index contributed by atoms with van der Waals surface area (Å²) >= 11 is 0.797. The molecule has 10 nitrogen and oxygen atoms in total. The number of carbonyl (C=O) groups is 3. The van der Waals surface area contributed by atoms with E-state index in [1.54, 1.807) is 37.4 Å². The van der Waals surface area contributed by atoms with E-state index in [0.29, 0.717) is 31.0 Å². The van der Waals surface area contributed by atoms with Crippen LogP contribution in [0.25, 0.3) is 6.08 Å². The quantitative estimate of drug-likeness (QED) is 0.370. The van der Waals surface area contributed by atoms with E-state index >= 15 is 0 Å². The molecule has 1 aliphatic heterocycles. The Hall–Kier alpha value is -3.44. The minimum Gasteiger partial charge on any atom is -0.475 e. The van der Waals surface area contributed by atoms with Gasteiger partial charge in [0.1, 0.15) is 6.61 Å². The van der Waals surface area contributed by atoms with Gasteiger partial charge < -0.3 is 20.1 Å². The molecule has 2 heterocycles. The van der Waals surface area contributed by atoms with E-state index in [1.165, 1.54) is 6.08 Å². The van der Waals surface area contributed by atoms with Gasteiger partial charge in [-0.15, -0.1) is 0 Å². The monoisotopic (exact) mass is 443 g/mol. The SMILES string of the molecule is COCCOc1cc(/C=C2\SC(=O)NC2=O)nc(NCCNC(=O)c2ccccc2)n1. The van der Waals surface area contributed by atoms with Crippen LogP contribution in [0.2, 0.25) is 0 Å². The first-order valence-electron chi connectivity index (χ1n) is 9.38. The Balaban J connectivity index is 1.64. The third-order valence-corrected chi connectivity index (χ3v) is 4.72. The van der Waals surface area contributed by atoms with Crippen LogP contribution < -0.4 is 20.7 Å². The molecule has 2 aromatic rings. The highest BCUT2D eigenvalue weighted by Gasteiger charge is 2.25. The van der Waals surface area contributed by atoms with Crippen LogP contribution in [0, 0.1) is 0 Å². The van der Waals surface area contributed by atoms with Gasteiger partial charge in [-0.05, 0) is 30.0 Å². The van der Waals surface area contributed by atoms with E-state index in [2.05, 4.69) is 25.9 Å². The molecule has 3 N–H and O–H groups in total. The first-order valence-corrected chi connectivity index (χ1v) is 10.2. The van der Waals surface area contributed by atoms with Crippen molar-refractivity contribution in [2.75, 3.05) is 38.7 Å². The van der Waals surface area contributed by atoms with E-state index in [9.17, 15) is 14.4 Å². The number of thioether (sulfide) groups is 1. The Labute approximate surface area is 182 Å². The van der Waals surface area contributed by atoms with Crippen molar-refractivity contribution < 1.29 is 23.9 Å². The van der Waals surface area contributed by atoms with E-state index in [4.69, 9.17) is 9.47 Å². The van der Waals surface area contributed by atoms with Crippen molar-refractivity contribution in [3.63, 3.8) is 0 Å². The Morgan fingerprint density at radius 3 is 2.68 bits per heavy atom. The predicted molar refractivity (Wildman–Crippen MR) is 116 cm³/mol. The number of benzene rings is 1. The maximum Gasteiger partial charge on any atom is 0.290 e. The number of imide groups is 1. The zero-order chi connectivity index (χ0) is 22.1. The Kier molecular flexibility index (Phi) is 7.96. The number of hydrogen-bond acceptors (Lipinski definition) is 9. The fourth-order valence-electron chi connectivity index (χ4n) is 2.50. The lowest BCUT2D eigenvalue weighted by Crippen LogP contribution is -2.29. The van der Waals surface area contributed by atoms with Crippen LogP contribution in [0.5, 0.6) is 5.88 Å². The number of rotatable bonds is 10. The molecule has 0 spiro atoms. The van der Waals surface area contributed by atoms with Gasteiger partial charge in [0.25, 0.3) is 17.1 Å². The average molecular weight is 443 g/mol. The molecule has 0 unspecified atom stereocenters. The molecule has 31 heavy (non-hydrogen) atoms. The van der Waals surface area contributed by atoms with Gasteiger partial charge in [0.15, 0.2) is 0 Å². The topological polar surface area (TPSA) is 132 Å². The summed E-state index contributed by atoms with van der Waals surface area (Å²) in [5.41, 5.74) is 0.966. The van der Waals surface area contributed by atoms with Crippen LogP contribution in [0.4, 0.5) is 10.7 Å². The van der Waals surface area contributed by atoms with Crippen LogP contribution in [0.3, 0.4) is 0 Å². The molecule has 1 aromatic heterocycles. The summed E-state index contributed by atoms with van der Waals surface area (Å²) in [7, 11) is 1.56. The van der Waals surface area contributed by atoms with E-state index in [0.717, 1.165) is 11.8 Å². The molecule has 0 saturated carbocycles. The largest absolute Gasteiger partial charge is 0.475 e. The summed E-state index contributed by atoms with van der Waals surface area (Å²) in [4.78, 5) is 44.1. The summed E-state index contributed by atoms with van der Waals surface area (Å²) in [6.45, 7) is 1.37. The Morgan fingerprint density at radius 2 is 1.97 bits per heavy atom. The molecular weight excluding hydrogens is 422 g/mol. The molecule has 0 radical (unpaired) electrons. The van der Waals surface area contributed by atoms with Crippen LogP contribution in [-0.4, -0.2) is 60.4 Å². The van der Waals surface area contributed by atoms with Gasteiger partial charge in [0.2, 0.25) is 11.8 Å². The summed E-state index contributed by atoms with van der Waals surface area (Å²) in [5, 5.41) is 7.57. The van der Waals surface area contributed by atoms with Gasteiger partial charge in [-0.3, -0.25) is 19.7 Å². The fourth-order valence-corrected chi connectivity index (χ4v) is 3.16. The minimum atomic E-state index is -0.478. The molecule has 1 fully saturated rings. The number of ether oxygens (including phenoxy) is 2. The van der Waals surface area contributed by atoms with Crippen molar-refractivity contribution in [3.05, 3.63) is 52.6 Å². The average Bonchev–Trinajstić information content (AvgIpc) is 3.08. The molecule has 162 valence electrons. The molecule has 3 rings (SSSR count). The third-order valence-electron chi connectivity index (χ3n) is 3.91. The van der Waals surface area contributed by atoms with Crippen molar-refractivity contribution in [1.82, 2.24) is 20.6 Å². The second-order valence-corrected chi connectivity index (χ2v) is 7.21. The summed E-state index contributed by atoms with van der Waals surface area (Å²) in [6.07, 6.45) is 1.48. The third kappa shape index (κ3) is 6.79. The fraction of sp³-hybridized carbons (Fsp3) is 0.250. The summed E-state index contributed by atoms with van der Waals surface area (Å²) < 4.78 is 10.5. The molecule has 0 bridgehead atoms. The zero-order valence-corrected chi connectivity index (χ0v) is 17.5. The van der Waals surface area contributed by atoms with E-state index in [-0.39, 0.29) is 29.2 Å². The molecule has 0 atom stereocenters. The van der Waals surface area contributed by atoms with E-state index in [1.807, 2.05) is 6.07 Å². The van der Waals surface area contributed by atoms with Gasteiger partial charge in [0, 0.05) is 31.8 Å². The number of methoxy groups -OCH3 is 1. The number of nitrogens with zero attached hydrogens (tertiary/aromatic N) is 2. The molecule has 1 aromatic carbocycles. The standard InChI is InChI=1S/C20H21N5O5S/c1-29-9-10-30-16-12-14(11-15-18(27)25-20(28)31-15)23-19(24-16)22-8-7-21-17(26)13-5-3-2-4-6-13/h2-6,11-12H,7-10H2,1H3,(H,21,26)(H,22,23,24)(H,25,27,28)/b15-11-. The lowest BCUT2D eigenvalue weighted by atomic mass is 10.2. The lowest BCUT2D eigenvalue weighted by Gasteiger charge is -2.10. The van der Waals surface area contributed by atoms with Gasteiger partial charge in [0.05, 0.1) is 17.2 Å². The predicted octanol–water partition coefficient (Wildman–Crippen LogP) is 1.67. The summed E-state index contributed by atoms with van der Waals surface area (Å²) in [5.74, 6) is -0.122. The molecule has 11 heteroatoms. The van der Waals surface area contributed by atoms with Crippen LogP contribution >= 0.6 is 11.8 Å². The minimum absolute atomic E-state index is 0.181. The van der Waals surface area contributed by atoms with E-state index < -0.39 is 11.1 Å². The number of aromatic nitrogens is 2. The second-order valence-electron chi connectivity index (χ2n) is 6.20. The number of nitrogens with one attached hydrogen (secondary N) is 3. The Bertz CT molecular complexity index is 983. The van der Waals surface area contributed by atoms with Gasteiger partial charge in [-0.25, -0.2) is 4.98 Å². The van der Waals surface area contributed by atoms with Gasteiger partial charge >= 0.3 is 0 Å². The van der Waals surface area contributed by atoms with Crippen molar-refractivity contribution in [2.24, 2.45) is 0 Å². The zero-order valence-electron chi connectivity index (χ0n) is 16.7. The van der Waals surface area contributed by atoms with Crippen molar-refractivity contribution in [2.45, 2.75) is 0 Å². The lowest BCUT2D eigenvalue weighted by molar-refractivity contribution is -0.115. The number of hydrogen-bond donors (Lipinski definition) is 3. The highest BCUT2D eigenvalue weighted by molar-refractivity contribution is 8.18. The van der Waals surface area contributed by atoms with Crippen molar-refractivity contribution in [1.29, 1.82) is 0 Å². The first-order chi connectivity index (χ1) is 15.0. The van der Waals surface area contributed by atoms with Crippen molar-refractivity contribution >= 4 is 40.8 Å². The maximum absolute atomic E-state index is 12.1. The number of anilines is 1. The molecular formula is C20H21N5O5S. The smallest absolute Gasteiger partial charge is 0.290 e. The van der Waals surface area contributed by atoms with Crippen LogP contribution in [-0.2, 0) is 9.53 Å². The number of carbonyl (C=O) groups excluding carboxylic acids is 3. The molecule has 1 aliphatic rings. The molecule has 1 saturated heterocycles. The van der Waals surface area contributed by atoms with Gasteiger partial charge in [-0.2, -0.15) is 4.98 Å².